The zero-order chi connectivity index (χ0) is 13.2. The van der Waals surface area contributed by atoms with Crippen molar-refractivity contribution in [1.29, 1.82) is 0 Å². The number of carbonyl (C=O) groups excluding carboxylic acids is 1. The fourth-order valence-electron chi connectivity index (χ4n) is 2.93. The Bertz CT molecular complexity index is 469. The number of ether oxygens (including phenoxy) is 1. The number of carbonyl (C=O) groups is 1. The van der Waals surface area contributed by atoms with E-state index in [-0.39, 0.29) is 18.2 Å². The van der Waals surface area contributed by atoms with Crippen LogP contribution in [0.3, 0.4) is 0 Å². The summed E-state index contributed by atoms with van der Waals surface area (Å²) in [6.45, 7) is 4.04. The van der Waals surface area contributed by atoms with E-state index in [0.29, 0.717) is 13.1 Å². The maximum absolute atomic E-state index is 12.1. The molecule has 2 heterocycles. The molecule has 0 bridgehead atoms. The molecule has 0 aromatic heterocycles. The summed E-state index contributed by atoms with van der Waals surface area (Å²) in [5.41, 5.74) is 2.40. The van der Waals surface area contributed by atoms with Crippen LogP contribution in [-0.4, -0.2) is 36.6 Å². The van der Waals surface area contributed by atoms with Gasteiger partial charge in [0.05, 0.1) is 12.6 Å². The van der Waals surface area contributed by atoms with Gasteiger partial charge in [0.2, 0.25) is 5.91 Å². The molecule has 3 rings (SSSR count). The summed E-state index contributed by atoms with van der Waals surface area (Å²) in [5, 5.41) is 3.31. The van der Waals surface area contributed by atoms with E-state index in [1.165, 1.54) is 11.1 Å². The number of nitrogens with zero attached hydrogens (tertiary/aromatic N) is 1. The van der Waals surface area contributed by atoms with Crippen LogP contribution in [-0.2, 0) is 9.53 Å². The second-order valence-corrected chi connectivity index (χ2v) is 5.32. The summed E-state index contributed by atoms with van der Waals surface area (Å²) in [7, 11) is 0. The topological polar surface area (TPSA) is 41.6 Å². The number of rotatable bonds is 3. The molecule has 4 heteroatoms. The molecule has 1 N–H and O–H groups in total. The second kappa shape index (κ2) is 5.31. The van der Waals surface area contributed by atoms with Gasteiger partial charge >= 0.3 is 0 Å². The standard InChI is InChI=1S/C15H20N2O2/c1-11-5-2-3-7-13(11)15-16-9-14(18)17(15)10-12-6-4-8-19-12/h2-3,5,7,12,15-16H,4,6,8-10H2,1H3. The lowest BCUT2D eigenvalue weighted by molar-refractivity contribution is -0.129. The van der Waals surface area contributed by atoms with Crippen molar-refractivity contribution >= 4 is 5.91 Å². The fourth-order valence-corrected chi connectivity index (χ4v) is 2.93. The highest BCUT2D eigenvalue weighted by Crippen LogP contribution is 2.26. The van der Waals surface area contributed by atoms with Gasteiger partial charge in [-0.2, -0.15) is 0 Å². The number of benzene rings is 1. The molecule has 0 spiro atoms. The van der Waals surface area contributed by atoms with E-state index in [2.05, 4.69) is 24.4 Å². The van der Waals surface area contributed by atoms with Gasteiger partial charge in [0.25, 0.3) is 0 Å². The lowest BCUT2D eigenvalue weighted by Crippen LogP contribution is -2.37. The van der Waals surface area contributed by atoms with Crippen LogP contribution in [0.4, 0.5) is 0 Å². The van der Waals surface area contributed by atoms with Gasteiger partial charge in [-0.05, 0) is 30.9 Å². The third-order valence-electron chi connectivity index (χ3n) is 3.99. The molecule has 1 aromatic rings. The third kappa shape index (κ3) is 2.51. The van der Waals surface area contributed by atoms with Crippen LogP contribution in [0.1, 0.15) is 30.1 Å². The van der Waals surface area contributed by atoms with E-state index in [1.54, 1.807) is 0 Å². The molecule has 0 saturated carbocycles. The van der Waals surface area contributed by atoms with Crippen LogP contribution in [0, 0.1) is 6.92 Å². The first kappa shape index (κ1) is 12.6. The summed E-state index contributed by atoms with van der Waals surface area (Å²) in [6.07, 6.45) is 2.37. The zero-order valence-corrected chi connectivity index (χ0v) is 11.3. The average Bonchev–Trinajstić information content (AvgIpc) is 3.03. The van der Waals surface area contributed by atoms with Crippen LogP contribution in [0.15, 0.2) is 24.3 Å². The molecule has 2 unspecified atom stereocenters. The van der Waals surface area contributed by atoms with Gasteiger partial charge in [-0.25, -0.2) is 0 Å². The predicted octanol–water partition coefficient (Wildman–Crippen LogP) is 1.60. The minimum atomic E-state index is -0.00194. The van der Waals surface area contributed by atoms with Crippen LogP contribution in [0.2, 0.25) is 0 Å². The first-order valence-electron chi connectivity index (χ1n) is 6.95. The van der Waals surface area contributed by atoms with Crippen molar-refractivity contribution in [2.75, 3.05) is 19.7 Å². The van der Waals surface area contributed by atoms with Crippen LogP contribution < -0.4 is 5.32 Å². The molecule has 0 radical (unpaired) electrons. The van der Waals surface area contributed by atoms with Crippen molar-refractivity contribution in [2.24, 2.45) is 0 Å². The van der Waals surface area contributed by atoms with Gasteiger partial charge in [0.1, 0.15) is 6.17 Å². The molecule has 102 valence electrons. The molecule has 1 aromatic carbocycles. The molecule has 2 fully saturated rings. The largest absolute Gasteiger partial charge is 0.376 e. The van der Waals surface area contributed by atoms with E-state index >= 15 is 0 Å². The lowest BCUT2D eigenvalue weighted by atomic mass is 10.1. The van der Waals surface area contributed by atoms with Crippen molar-refractivity contribution in [3.63, 3.8) is 0 Å². The van der Waals surface area contributed by atoms with E-state index in [9.17, 15) is 4.79 Å². The Hall–Kier alpha value is -1.39. The Labute approximate surface area is 113 Å². The Kier molecular flexibility index (Phi) is 3.53. The quantitative estimate of drug-likeness (QED) is 0.897. The monoisotopic (exact) mass is 260 g/mol. The minimum absolute atomic E-state index is 0.00194. The van der Waals surface area contributed by atoms with Gasteiger partial charge in [-0.1, -0.05) is 24.3 Å². The van der Waals surface area contributed by atoms with E-state index in [1.807, 2.05) is 17.0 Å². The fraction of sp³-hybridized carbons (Fsp3) is 0.533. The molecule has 2 atom stereocenters. The molecule has 1 amide bonds. The molecule has 2 aliphatic rings. The third-order valence-corrected chi connectivity index (χ3v) is 3.99. The molecular weight excluding hydrogens is 240 g/mol. The Morgan fingerprint density at radius 1 is 1.42 bits per heavy atom. The average molecular weight is 260 g/mol. The minimum Gasteiger partial charge on any atom is -0.376 e. The summed E-state index contributed by atoms with van der Waals surface area (Å²) >= 11 is 0. The van der Waals surface area contributed by atoms with Crippen molar-refractivity contribution in [3.8, 4) is 0 Å². The van der Waals surface area contributed by atoms with E-state index in [0.717, 1.165) is 19.4 Å². The maximum atomic E-state index is 12.1. The highest BCUT2D eigenvalue weighted by Gasteiger charge is 2.34. The SMILES string of the molecule is Cc1ccccc1C1NCC(=O)N1CC1CCCO1. The lowest BCUT2D eigenvalue weighted by Gasteiger charge is -2.28. The van der Waals surface area contributed by atoms with E-state index < -0.39 is 0 Å². The van der Waals surface area contributed by atoms with Gasteiger partial charge in [-0.3, -0.25) is 10.1 Å². The normalized spacial score (nSPS) is 27.2. The molecule has 4 nitrogen and oxygen atoms in total. The van der Waals surface area contributed by atoms with Gasteiger partial charge in [0, 0.05) is 13.2 Å². The highest BCUT2D eigenvalue weighted by molar-refractivity contribution is 5.81. The molecule has 2 aliphatic heterocycles. The Balaban J connectivity index is 1.79. The summed E-state index contributed by atoms with van der Waals surface area (Å²) in [5.74, 6) is 0.170. The highest BCUT2D eigenvalue weighted by atomic mass is 16.5. The number of nitrogens with one attached hydrogen (secondary N) is 1. The van der Waals surface area contributed by atoms with Crippen molar-refractivity contribution in [2.45, 2.75) is 32.0 Å². The Morgan fingerprint density at radius 3 is 3.00 bits per heavy atom. The summed E-state index contributed by atoms with van der Waals surface area (Å²) in [6, 6.07) is 8.23. The zero-order valence-electron chi connectivity index (χ0n) is 11.3. The van der Waals surface area contributed by atoms with Crippen LogP contribution in [0.25, 0.3) is 0 Å². The maximum Gasteiger partial charge on any atom is 0.238 e. The van der Waals surface area contributed by atoms with Crippen molar-refractivity contribution in [3.05, 3.63) is 35.4 Å². The first-order chi connectivity index (χ1) is 9.25. The van der Waals surface area contributed by atoms with Gasteiger partial charge in [-0.15, -0.1) is 0 Å². The van der Waals surface area contributed by atoms with Crippen molar-refractivity contribution < 1.29 is 9.53 Å². The smallest absolute Gasteiger partial charge is 0.238 e. The van der Waals surface area contributed by atoms with Gasteiger partial charge < -0.3 is 9.64 Å². The summed E-state index contributed by atoms with van der Waals surface area (Å²) < 4.78 is 5.66. The second-order valence-electron chi connectivity index (χ2n) is 5.32. The molecule has 2 saturated heterocycles. The Morgan fingerprint density at radius 2 is 2.26 bits per heavy atom. The number of hydrogen-bond acceptors (Lipinski definition) is 3. The van der Waals surface area contributed by atoms with Crippen LogP contribution >= 0.6 is 0 Å². The van der Waals surface area contributed by atoms with E-state index in [4.69, 9.17) is 4.74 Å². The molecule has 0 aliphatic carbocycles. The first-order valence-corrected chi connectivity index (χ1v) is 6.95. The predicted molar refractivity (Wildman–Crippen MR) is 72.6 cm³/mol. The molecular formula is C15H20N2O2. The number of amides is 1. The molecule has 19 heavy (non-hydrogen) atoms. The number of hydrogen-bond donors (Lipinski definition) is 1. The van der Waals surface area contributed by atoms with Gasteiger partial charge in [0.15, 0.2) is 0 Å². The summed E-state index contributed by atoms with van der Waals surface area (Å²) in [4.78, 5) is 14.0. The number of aryl methyl sites for hydroxylation is 1. The van der Waals surface area contributed by atoms with Crippen molar-refractivity contribution in [1.82, 2.24) is 10.2 Å². The van der Waals surface area contributed by atoms with Crippen LogP contribution in [0.5, 0.6) is 0 Å².